The summed E-state index contributed by atoms with van der Waals surface area (Å²) in [5, 5.41) is 1.39. The molecule has 2 amide bonds. The standard InChI is InChI=1S/C29H34Cl2N4O/c1-22(2)28-21-35(16-15-33(28)19-24-9-12-32-13-10-24)29(36)34(20-25-6-4-8-27(31)18-25)14-11-23-5-3-7-26(30)17-23/h3-10,12-13,17-18,22,28H,11,14-16,19-21H2,1-2H3/t28-/m1/s1. The minimum absolute atomic E-state index is 0.0752. The number of amides is 2. The van der Waals surface area contributed by atoms with E-state index in [1.165, 1.54) is 5.56 Å². The Labute approximate surface area is 224 Å². The molecular formula is C29H34Cl2N4O. The molecule has 1 fully saturated rings. The Hall–Kier alpha value is -2.60. The number of aromatic nitrogens is 1. The summed E-state index contributed by atoms with van der Waals surface area (Å²) >= 11 is 12.4. The van der Waals surface area contributed by atoms with Crippen LogP contribution in [0.5, 0.6) is 0 Å². The molecule has 0 aliphatic carbocycles. The summed E-state index contributed by atoms with van der Waals surface area (Å²) in [4.78, 5) is 24.5. The summed E-state index contributed by atoms with van der Waals surface area (Å²) in [6, 6.07) is 20.1. The van der Waals surface area contributed by atoms with Gasteiger partial charge >= 0.3 is 6.03 Å². The molecule has 2 aromatic carbocycles. The van der Waals surface area contributed by atoms with Crippen LogP contribution in [0.25, 0.3) is 0 Å². The zero-order chi connectivity index (χ0) is 25.5. The number of hydrogen-bond acceptors (Lipinski definition) is 3. The Morgan fingerprint density at radius 3 is 2.31 bits per heavy atom. The van der Waals surface area contributed by atoms with Crippen LogP contribution in [0.2, 0.25) is 10.0 Å². The second-order valence-corrected chi connectivity index (χ2v) is 10.7. The number of piperazine rings is 1. The van der Waals surface area contributed by atoms with Gasteiger partial charge in [0.2, 0.25) is 0 Å². The van der Waals surface area contributed by atoms with Crippen molar-refractivity contribution < 1.29 is 4.79 Å². The van der Waals surface area contributed by atoms with Crippen LogP contribution in [0.4, 0.5) is 4.79 Å². The largest absolute Gasteiger partial charge is 0.322 e. The first-order valence-electron chi connectivity index (χ1n) is 12.5. The fourth-order valence-electron chi connectivity index (χ4n) is 4.83. The van der Waals surface area contributed by atoms with E-state index in [0.717, 1.165) is 30.6 Å². The molecule has 3 aromatic rings. The molecule has 190 valence electrons. The number of carbonyl (C=O) groups excluding carboxylic acids is 1. The van der Waals surface area contributed by atoms with Crippen LogP contribution >= 0.6 is 23.2 Å². The average molecular weight is 526 g/mol. The highest BCUT2D eigenvalue weighted by molar-refractivity contribution is 6.30. The Kier molecular flexibility index (Phi) is 9.24. The smallest absolute Gasteiger partial charge is 0.320 e. The molecule has 4 rings (SSSR count). The lowest BCUT2D eigenvalue weighted by Crippen LogP contribution is -2.58. The predicted octanol–water partition coefficient (Wildman–Crippen LogP) is 6.40. The van der Waals surface area contributed by atoms with Gasteiger partial charge in [-0.25, -0.2) is 4.79 Å². The van der Waals surface area contributed by atoms with E-state index in [-0.39, 0.29) is 12.1 Å². The molecule has 1 aliphatic rings. The van der Waals surface area contributed by atoms with Crippen LogP contribution in [0.15, 0.2) is 73.1 Å². The van der Waals surface area contributed by atoms with E-state index in [1.807, 2.05) is 64.7 Å². The van der Waals surface area contributed by atoms with E-state index >= 15 is 0 Å². The molecular weight excluding hydrogens is 491 g/mol. The number of nitrogens with zero attached hydrogens (tertiary/aromatic N) is 4. The van der Waals surface area contributed by atoms with Gasteiger partial charge in [-0.05, 0) is 65.4 Å². The number of benzene rings is 2. The van der Waals surface area contributed by atoms with Crippen molar-refractivity contribution in [3.63, 3.8) is 0 Å². The van der Waals surface area contributed by atoms with Gasteiger partial charge in [0.15, 0.2) is 0 Å². The number of pyridine rings is 1. The molecule has 0 N–H and O–H groups in total. The summed E-state index contributed by atoms with van der Waals surface area (Å²) in [5.74, 6) is 0.426. The Bertz CT molecular complexity index is 1140. The molecule has 1 aromatic heterocycles. The fraction of sp³-hybridized carbons (Fsp3) is 0.379. The molecule has 2 heterocycles. The zero-order valence-electron chi connectivity index (χ0n) is 21.0. The van der Waals surface area contributed by atoms with Crippen molar-refractivity contribution in [2.24, 2.45) is 5.92 Å². The second kappa shape index (κ2) is 12.6. The molecule has 0 radical (unpaired) electrons. The molecule has 36 heavy (non-hydrogen) atoms. The molecule has 0 spiro atoms. The van der Waals surface area contributed by atoms with Gasteiger partial charge in [-0.3, -0.25) is 9.88 Å². The highest BCUT2D eigenvalue weighted by atomic mass is 35.5. The number of hydrogen-bond donors (Lipinski definition) is 0. The summed E-state index contributed by atoms with van der Waals surface area (Å²) in [6.07, 6.45) is 4.42. The van der Waals surface area contributed by atoms with Crippen LogP contribution in [0.3, 0.4) is 0 Å². The van der Waals surface area contributed by atoms with E-state index in [9.17, 15) is 4.79 Å². The van der Waals surface area contributed by atoms with Crippen molar-refractivity contribution in [1.29, 1.82) is 0 Å². The highest BCUT2D eigenvalue weighted by Gasteiger charge is 2.33. The summed E-state index contributed by atoms with van der Waals surface area (Å²) in [7, 11) is 0. The maximum Gasteiger partial charge on any atom is 0.320 e. The third-order valence-electron chi connectivity index (χ3n) is 6.80. The van der Waals surface area contributed by atoms with Crippen molar-refractivity contribution in [3.8, 4) is 0 Å². The molecule has 0 bridgehead atoms. The van der Waals surface area contributed by atoms with Crippen molar-refractivity contribution in [2.75, 3.05) is 26.2 Å². The van der Waals surface area contributed by atoms with Crippen molar-refractivity contribution >= 4 is 29.2 Å². The van der Waals surface area contributed by atoms with Crippen LogP contribution in [-0.2, 0) is 19.5 Å². The third-order valence-corrected chi connectivity index (χ3v) is 7.27. The van der Waals surface area contributed by atoms with Gasteiger partial charge < -0.3 is 9.80 Å². The van der Waals surface area contributed by atoms with Gasteiger partial charge in [0.1, 0.15) is 0 Å². The van der Waals surface area contributed by atoms with E-state index in [0.29, 0.717) is 42.1 Å². The lowest BCUT2D eigenvalue weighted by Gasteiger charge is -2.44. The maximum absolute atomic E-state index is 13.9. The van der Waals surface area contributed by atoms with Crippen LogP contribution in [0.1, 0.15) is 30.5 Å². The van der Waals surface area contributed by atoms with E-state index in [2.05, 4.69) is 41.9 Å². The number of urea groups is 1. The maximum atomic E-state index is 13.9. The minimum Gasteiger partial charge on any atom is -0.322 e. The van der Waals surface area contributed by atoms with Gasteiger partial charge in [-0.15, -0.1) is 0 Å². The topological polar surface area (TPSA) is 39.7 Å². The van der Waals surface area contributed by atoms with Crippen molar-refractivity contribution in [1.82, 2.24) is 19.7 Å². The van der Waals surface area contributed by atoms with Gasteiger partial charge in [-0.1, -0.05) is 61.3 Å². The quantitative estimate of drug-likeness (QED) is 0.342. The Morgan fingerprint density at radius 1 is 0.972 bits per heavy atom. The first kappa shape index (κ1) is 26.5. The molecule has 5 nitrogen and oxygen atoms in total. The van der Waals surface area contributed by atoms with E-state index < -0.39 is 0 Å². The summed E-state index contributed by atoms with van der Waals surface area (Å²) < 4.78 is 0. The highest BCUT2D eigenvalue weighted by Crippen LogP contribution is 2.22. The minimum atomic E-state index is 0.0752. The monoisotopic (exact) mass is 524 g/mol. The third kappa shape index (κ3) is 7.22. The molecule has 1 atom stereocenters. The van der Waals surface area contributed by atoms with Crippen LogP contribution < -0.4 is 0 Å². The van der Waals surface area contributed by atoms with Gasteiger partial charge in [0.25, 0.3) is 0 Å². The first-order chi connectivity index (χ1) is 17.4. The Morgan fingerprint density at radius 2 is 1.64 bits per heavy atom. The summed E-state index contributed by atoms with van der Waals surface area (Å²) in [5.41, 5.74) is 3.40. The van der Waals surface area contributed by atoms with E-state index in [4.69, 9.17) is 23.2 Å². The van der Waals surface area contributed by atoms with Gasteiger partial charge in [0.05, 0.1) is 0 Å². The average Bonchev–Trinajstić information content (AvgIpc) is 2.87. The van der Waals surface area contributed by atoms with Gasteiger partial charge in [0, 0.05) is 67.7 Å². The number of halogens is 2. The molecule has 1 saturated heterocycles. The molecule has 7 heteroatoms. The molecule has 1 aliphatic heterocycles. The first-order valence-corrected chi connectivity index (χ1v) is 13.3. The Balaban J connectivity index is 1.48. The molecule has 0 saturated carbocycles. The lowest BCUT2D eigenvalue weighted by molar-refractivity contribution is 0.0484. The van der Waals surface area contributed by atoms with Crippen molar-refractivity contribution in [2.45, 2.75) is 39.4 Å². The predicted molar refractivity (Wildman–Crippen MR) is 147 cm³/mol. The van der Waals surface area contributed by atoms with Gasteiger partial charge in [-0.2, -0.15) is 0 Å². The SMILES string of the molecule is CC(C)[C@H]1CN(C(=O)N(CCc2cccc(Cl)c2)Cc2cccc(Cl)c2)CCN1Cc1ccncc1. The fourth-order valence-corrected chi connectivity index (χ4v) is 5.25. The normalized spacial score (nSPS) is 16.4. The summed E-state index contributed by atoms with van der Waals surface area (Å²) in [6.45, 7) is 8.73. The number of rotatable bonds is 8. The number of carbonyl (C=O) groups is 1. The van der Waals surface area contributed by atoms with Crippen LogP contribution in [0, 0.1) is 5.92 Å². The van der Waals surface area contributed by atoms with E-state index in [1.54, 1.807) is 0 Å². The zero-order valence-corrected chi connectivity index (χ0v) is 22.5. The van der Waals surface area contributed by atoms with Crippen molar-refractivity contribution in [3.05, 3.63) is 99.8 Å². The molecule has 0 unspecified atom stereocenters. The lowest BCUT2D eigenvalue weighted by atomic mass is 9.99. The second-order valence-electron chi connectivity index (χ2n) is 9.80. The van der Waals surface area contributed by atoms with Crippen LogP contribution in [-0.4, -0.2) is 57.9 Å².